The van der Waals surface area contributed by atoms with Crippen LogP contribution in [0.25, 0.3) is 10.8 Å². The molecular weight excluding hydrogens is 903 g/mol. The number of hydrogen-bond donors (Lipinski definition) is 8. The first kappa shape index (κ1) is 48.4. The standard InChI is InChI=1S/C50H56BrN9O6/c1-2-12-43(61)60-50(25-24-36-35(30-50)17-10-19-38(36)51)48(66)59-42(28-31-13-4-3-5-14-31)47(65)57-40(21-11-26-55-49(53)54)45(63)58-41(29-32-22-23-33-15-6-7-16-34(33)27-32)46(64)56-39-20-9-8-18-37(39)44(52)62/h3-10,13-20,22-23,27,40-42H,2,11-12,21,24-26,28-30H2,1H3,(H2,52,62)(H,56,64)(H,57,65)(H,58,63)(H,59,66)(H,60,61)(H4,53,54,55). The van der Waals surface area contributed by atoms with Crippen LogP contribution in [-0.4, -0.2) is 71.6 Å². The van der Waals surface area contributed by atoms with Crippen molar-refractivity contribution in [3.8, 4) is 0 Å². The number of guanidine groups is 1. The maximum Gasteiger partial charge on any atom is 0.250 e. The van der Waals surface area contributed by atoms with Gasteiger partial charge in [0, 0.05) is 36.7 Å². The van der Waals surface area contributed by atoms with Crippen LogP contribution in [0.15, 0.2) is 125 Å². The summed E-state index contributed by atoms with van der Waals surface area (Å²) in [6.45, 7) is 2.01. The highest BCUT2D eigenvalue weighted by Gasteiger charge is 2.44. The number of benzene rings is 5. The number of anilines is 1. The Balaban J connectivity index is 1.31. The van der Waals surface area contributed by atoms with Crippen molar-refractivity contribution in [2.75, 3.05) is 11.9 Å². The van der Waals surface area contributed by atoms with Gasteiger partial charge in [-0.1, -0.05) is 120 Å². The number of rotatable bonds is 20. The van der Waals surface area contributed by atoms with Gasteiger partial charge in [0.15, 0.2) is 5.96 Å². The van der Waals surface area contributed by atoms with E-state index in [1.165, 1.54) is 12.1 Å². The zero-order chi connectivity index (χ0) is 47.2. The first-order chi connectivity index (χ1) is 31.7. The number of nitrogens with zero attached hydrogens (tertiary/aromatic N) is 1. The number of carbonyl (C=O) groups excluding carboxylic acids is 6. The Morgan fingerprint density at radius 1 is 0.712 bits per heavy atom. The largest absolute Gasteiger partial charge is 0.370 e. The third kappa shape index (κ3) is 12.8. The normalized spacial score (nSPS) is 15.5. The third-order valence-corrected chi connectivity index (χ3v) is 12.4. The highest BCUT2D eigenvalue weighted by molar-refractivity contribution is 9.10. The van der Waals surface area contributed by atoms with Crippen LogP contribution in [0.4, 0.5) is 5.69 Å². The van der Waals surface area contributed by atoms with E-state index in [1.54, 1.807) is 12.1 Å². The van der Waals surface area contributed by atoms with Crippen molar-refractivity contribution < 1.29 is 28.8 Å². The van der Waals surface area contributed by atoms with Gasteiger partial charge < -0.3 is 43.8 Å². The van der Waals surface area contributed by atoms with Gasteiger partial charge in [-0.25, -0.2) is 0 Å². The fraction of sp³-hybridized carbons (Fsp3) is 0.300. The van der Waals surface area contributed by atoms with Gasteiger partial charge in [0.05, 0.1) is 11.3 Å². The van der Waals surface area contributed by atoms with Crippen molar-refractivity contribution in [2.24, 2.45) is 22.2 Å². The molecular formula is C50H56BrN9O6. The molecule has 0 spiro atoms. The lowest BCUT2D eigenvalue weighted by atomic mass is 9.77. The van der Waals surface area contributed by atoms with E-state index in [2.05, 4.69) is 47.5 Å². The lowest BCUT2D eigenvalue weighted by Crippen LogP contribution is -2.65. The number of nitrogens with one attached hydrogen (secondary N) is 5. The number of para-hydroxylation sites is 1. The number of fused-ring (bicyclic) bond motifs is 2. The number of hydrogen-bond acceptors (Lipinski definition) is 7. The molecule has 4 atom stereocenters. The predicted molar refractivity (Wildman–Crippen MR) is 259 cm³/mol. The zero-order valence-electron chi connectivity index (χ0n) is 36.8. The minimum atomic E-state index is -1.37. The van der Waals surface area contributed by atoms with Crippen molar-refractivity contribution in [1.82, 2.24) is 21.3 Å². The summed E-state index contributed by atoms with van der Waals surface area (Å²) in [7, 11) is 0. The maximum absolute atomic E-state index is 14.7. The molecule has 0 bridgehead atoms. The van der Waals surface area contributed by atoms with Crippen LogP contribution in [0, 0.1) is 0 Å². The van der Waals surface area contributed by atoms with Crippen LogP contribution in [0.1, 0.15) is 71.6 Å². The second kappa shape index (κ2) is 22.7. The van der Waals surface area contributed by atoms with Gasteiger partial charge in [-0.3, -0.25) is 33.8 Å². The fourth-order valence-corrected chi connectivity index (χ4v) is 8.83. The highest BCUT2D eigenvalue weighted by Crippen LogP contribution is 2.34. The average Bonchev–Trinajstić information content (AvgIpc) is 3.29. The molecule has 66 heavy (non-hydrogen) atoms. The summed E-state index contributed by atoms with van der Waals surface area (Å²) >= 11 is 3.63. The van der Waals surface area contributed by atoms with Crippen LogP contribution >= 0.6 is 15.9 Å². The third-order valence-electron chi connectivity index (χ3n) is 11.6. The Hall–Kier alpha value is -7.07. The van der Waals surface area contributed by atoms with E-state index in [0.29, 0.717) is 12.8 Å². The molecule has 1 aliphatic carbocycles. The molecule has 0 fully saturated rings. The Morgan fingerprint density at radius 2 is 1.38 bits per heavy atom. The van der Waals surface area contributed by atoms with Crippen molar-refractivity contribution in [3.63, 3.8) is 0 Å². The summed E-state index contributed by atoms with van der Waals surface area (Å²) in [5.74, 6) is -3.72. The number of primary amides is 1. The molecule has 6 rings (SSSR count). The molecule has 0 aromatic heterocycles. The average molecular weight is 959 g/mol. The van der Waals surface area contributed by atoms with Crippen molar-refractivity contribution >= 4 is 73.8 Å². The smallest absolute Gasteiger partial charge is 0.250 e. The SMILES string of the molecule is CCCC(=O)NC1(C(=O)NC(Cc2ccccc2)C(=O)NC(CCCN=C(N)N)C(=O)NC(Cc2ccc3ccccc3c2)C(=O)Nc2ccccc2C(N)=O)CCc2c(Br)cccc2C1. The first-order valence-corrected chi connectivity index (χ1v) is 22.8. The molecule has 0 saturated heterocycles. The molecule has 16 heteroatoms. The predicted octanol–water partition coefficient (Wildman–Crippen LogP) is 4.48. The van der Waals surface area contributed by atoms with Crippen molar-refractivity contribution in [3.05, 3.63) is 148 Å². The van der Waals surface area contributed by atoms with Gasteiger partial charge in [0.25, 0.3) is 5.91 Å². The molecule has 1 aliphatic rings. The van der Waals surface area contributed by atoms with Gasteiger partial charge in [-0.05, 0) is 83.3 Å². The lowest BCUT2D eigenvalue weighted by Gasteiger charge is -2.39. The van der Waals surface area contributed by atoms with E-state index >= 15 is 0 Å². The van der Waals surface area contributed by atoms with E-state index < -0.39 is 53.2 Å². The van der Waals surface area contributed by atoms with E-state index in [0.717, 1.165) is 37.5 Å². The Labute approximate surface area is 392 Å². The number of halogens is 1. The van der Waals surface area contributed by atoms with E-state index in [4.69, 9.17) is 17.2 Å². The van der Waals surface area contributed by atoms with Crippen LogP contribution in [0.5, 0.6) is 0 Å². The second-order valence-electron chi connectivity index (χ2n) is 16.5. The van der Waals surface area contributed by atoms with E-state index in [-0.39, 0.29) is 74.6 Å². The molecule has 5 aromatic carbocycles. The summed E-state index contributed by atoms with van der Waals surface area (Å²) in [5, 5.41) is 16.4. The van der Waals surface area contributed by atoms with Gasteiger partial charge in [-0.15, -0.1) is 0 Å². The summed E-state index contributed by atoms with van der Waals surface area (Å²) < 4.78 is 0.909. The van der Waals surface area contributed by atoms with Crippen molar-refractivity contribution in [1.29, 1.82) is 0 Å². The van der Waals surface area contributed by atoms with E-state index in [9.17, 15) is 28.8 Å². The van der Waals surface area contributed by atoms with Crippen molar-refractivity contribution in [2.45, 2.75) is 88.4 Å². The maximum atomic E-state index is 14.7. The quantitative estimate of drug-likeness (QED) is 0.0313. The van der Waals surface area contributed by atoms with Gasteiger partial charge in [0.1, 0.15) is 23.7 Å². The second-order valence-corrected chi connectivity index (χ2v) is 17.4. The summed E-state index contributed by atoms with van der Waals surface area (Å²) in [6.07, 6.45) is 2.13. The highest BCUT2D eigenvalue weighted by atomic mass is 79.9. The number of amides is 6. The van der Waals surface area contributed by atoms with Crippen LogP contribution in [0.2, 0.25) is 0 Å². The minimum absolute atomic E-state index is 0.0358. The Bertz CT molecular complexity index is 2600. The molecule has 11 N–H and O–H groups in total. The fourth-order valence-electron chi connectivity index (χ4n) is 8.22. The van der Waals surface area contributed by atoms with E-state index in [1.807, 2.05) is 97.9 Å². The molecule has 0 aliphatic heterocycles. The zero-order valence-corrected chi connectivity index (χ0v) is 38.4. The van der Waals surface area contributed by atoms with Crippen LogP contribution < -0.4 is 43.8 Å². The molecule has 0 heterocycles. The molecule has 5 aromatic rings. The molecule has 344 valence electrons. The summed E-state index contributed by atoms with van der Waals surface area (Å²) in [6, 6.07) is 30.9. The molecule has 15 nitrogen and oxygen atoms in total. The summed E-state index contributed by atoms with van der Waals surface area (Å²) in [5.41, 5.74) is 19.1. The van der Waals surface area contributed by atoms with Gasteiger partial charge >= 0.3 is 0 Å². The monoisotopic (exact) mass is 957 g/mol. The molecule has 0 saturated carbocycles. The van der Waals surface area contributed by atoms with Crippen LogP contribution in [-0.2, 0) is 49.7 Å². The molecule has 6 amide bonds. The first-order valence-electron chi connectivity index (χ1n) is 22.0. The number of aliphatic imine (C=N–C) groups is 1. The minimum Gasteiger partial charge on any atom is -0.370 e. The Morgan fingerprint density at radius 3 is 2.12 bits per heavy atom. The van der Waals surface area contributed by atoms with Crippen LogP contribution in [0.3, 0.4) is 0 Å². The lowest BCUT2D eigenvalue weighted by molar-refractivity contribution is -0.137. The Kier molecular flexibility index (Phi) is 16.6. The van der Waals surface area contributed by atoms with Gasteiger partial charge in [0.2, 0.25) is 29.5 Å². The topological polar surface area (TPSA) is 253 Å². The molecule has 4 unspecified atom stereocenters. The summed E-state index contributed by atoms with van der Waals surface area (Å²) in [4.78, 5) is 87.8. The number of nitrogens with two attached hydrogens (primary N) is 3. The number of carbonyl (C=O) groups is 6. The molecule has 0 radical (unpaired) electrons. The van der Waals surface area contributed by atoms with Gasteiger partial charge in [-0.2, -0.15) is 0 Å².